The quantitative estimate of drug-likeness (QED) is 0.293. The standard InChI is InChI=1S/C31H35FN2O2S/c32-28-18-10-7-15-26(28)22-34(30(35)19-20-37-23-25-13-5-2-6-14-25)29(21-24-11-3-1-4-12-24)31(36)33-27-16-8-9-17-27/h1-7,10-15,18,27,29H,8-9,16-17,19-23H2,(H,33,36)/t29-/m0/s1. The van der Waals surface area contributed by atoms with E-state index in [4.69, 9.17) is 0 Å². The van der Waals surface area contributed by atoms with Gasteiger partial charge in [-0.15, -0.1) is 0 Å². The zero-order valence-corrected chi connectivity index (χ0v) is 22.0. The van der Waals surface area contributed by atoms with Gasteiger partial charge in [0.1, 0.15) is 11.9 Å². The Bertz CT molecular complexity index is 1140. The van der Waals surface area contributed by atoms with Crippen molar-refractivity contribution >= 4 is 23.6 Å². The van der Waals surface area contributed by atoms with Crippen LogP contribution in [0.1, 0.15) is 48.8 Å². The van der Waals surface area contributed by atoms with E-state index in [-0.39, 0.29) is 36.6 Å². The van der Waals surface area contributed by atoms with Crippen LogP contribution >= 0.6 is 11.8 Å². The first kappa shape index (κ1) is 26.9. The number of hydrogen-bond donors (Lipinski definition) is 1. The summed E-state index contributed by atoms with van der Waals surface area (Å²) in [6.07, 6.45) is 4.79. The molecule has 1 aliphatic carbocycles. The van der Waals surface area contributed by atoms with Crippen LogP contribution in [-0.2, 0) is 28.3 Å². The average molecular weight is 519 g/mol. The Hall–Kier alpha value is -3.12. The Morgan fingerprint density at radius 3 is 2.19 bits per heavy atom. The number of halogens is 1. The van der Waals surface area contributed by atoms with Crippen LogP contribution in [0.25, 0.3) is 0 Å². The number of nitrogens with zero attached hydrogens (tertiary/aromatic N) is 1. The first-order valence-corrected chi connectivity index (χ1v) is 14.2. The molecular formula is C31H35FN2O2S. The van der Waals surface area contributed by atoms with Crippen molar-refractivity contribution in [1.29, 1.82) is 0 Å². The van der Waals surface area contributed by atoms with E-state index in [9.17, 15) is 14.0 Å². The number of hydrogen-bond acceptors (Lipinski definition) is 3. The Kier molecular flexibility index (Phi) is 10.2. The minimum absolute atomic E-state index is 0.0600. The fourth-order valence-corrected chi connectivity index (χ4v) is 5.69. The molecule has 0 spiro atoms. The molecule has 3 aromatic rings. The summed E-state index contributed by atoms with van der Waals surface area (Å²) in [5, 5.41) is 3.19. The summed E-state index contributed by atoms with van der Waals surface area (Å²) in [4.78, 5) is 28.9. The molecule has 0 radical (unpaired) electrons. The highest BCUT2D eigenvalue weighted by atomic mass is 32.2. The number of amides is 2. The molecule has 0 aliphatic heterocycles. The number of carbonyl (C=O) groups is 2. The maximum Gasteiger partial charge on any atom is 0.243 e. The maximum absolute atomic E-state index is 14.7. The van der Waals surface area contributed by atoms with Gasteiger partial charge < -0.3 is 10.2 Å². The summed E-state index contributed by atoms with van der Waals surface area (Å²) >= 11 is 1.69. The lowest BCUT2D eigenvalue weighted by Gasteiger charge is -2.32. The van der Waals surface area contributed by atoms with Crippen molar-refractivity contribution in [2.75, 3.05) is 5.75 Å². The molecule has 0 saturated heterocycles. The van der Waals surface area contributed by atoms with Gasteiger partial charge in [-0.3, -0.25) is 9.59 Å². The highest BCUT2D eigenvalue weighted by Crippen LogP contribution is 2.22. The van der Waals surface area contributed by atoms with Crippen molar-refractivity contribution in [3.63, 3.8) is 0 Å². The SMILES string of the molecule is O=C(NC1CCCC1)[C@H](Cc1ccccc1)N(Cc1ccccc1F)C(=O)CCSCc1ccccc1. The number of benzene rings is 3. The maximum atomic E-state index is 14.7. The van der Waals surface area contributed by atoms with E-state index in [1.807, 2.05) is 48.5 Å². The third kappa shape index (κ3) is 8.19. The average Bonchev–Trinajstić information content (AvgIpc) is 3.43. The fraction of sp³-hybridized carbons (Fsp3) is 0.355. The lowest BCUT2D eigenvalue weighted by molar-refractivity contribution is -0.141. The predicted molar refractivity (Wildman–Crippen MR) is 149 cm³/mol. The molecule has 1 aliphatic rings. The van der Waals surface area contributed by atoms with Crippen molar-refractivity contribution in [2.24, 2.45) is 0 Å². The molecule has 3 aromatic carbocycles. The summed E-state index contributed by atoms with van der Waals surface area (Å²) < 4.78 is 14.7. The first-order valence-electron chi connectivity index (χ1n) is 13.1. The van der Waals surface area contributed by atoms with Gasteiger partial charge in [0.25, 0.3) is 0 Å². The monoisotopic (exact) mass is 518 g/mol. The predicted octanol–water partition coefficient (Wildman–Crippen LogP) is 6.15. The molecule has 194 valence electrons. The zero-order valence-electron chi connectivity index (χ0n) is 21.2. The van der Waals surface area contributed by atoms with Crippen LogP contribution in [-0.4, -0.2) is 34.6 Å². The van der Waals surface area contributed by atoms with E-state index >= 15 is 0 Å². The van der Waals surface area contributed by atoms with E-state index in [0.717, 1.165) is 37.0 Å². The second kappa shape index (κ2) is 14.0. The van der Waals surface area contributed by atoms with Gasteiger partial charge in [-0.05, 0) is 30.0 Å². The van der Waals surface area contributed by atoms with Gasteiger partial charge in [-0.1, -0.05) is 91.7 Å². The largest absolute Gasteiger partial charge is 0.352 e. The molecule has 1 N–H and O–H groups in total. The summed E-state index contributed by atoms with van der Waals surface area (Å²) in [5.74, 6) is 0.790. The second-order valence-corrected chi connectivity index (χ2v) is 10.7. The van der Waals surface area contributed by atoms with Crippen LogP contribution < -0.4 is 5.32 Å². The highest BCUT2D eigenvalue weighted by Gasteiger charge is 2.32. The zero-order chi connectivity index (χ0) is 25.9. The van der Waals surface area contributed by atoms with E-state index in [1.54, 1.807) is 34.9 Å². The van der Waals surface area contributed by atoms with Crippen LogP contribution in [0, 0.1) is 5.82 Å². The Morgan fingerprint density at radius 1 is 0.892 bits per heavy atom. The number of thioether (sulfide) groups is 1. The molecule has 0 bridgehead atoms. The normalized spacial score (nSPS) is 14.3. The van der Waals surface area contributed by atoms with Crippen LogP contribution in [0.15, 0.2) is 84.9 Å². The Labute approximate surface area is 223 Å². The van der Waals surface area contributed by atoms with Gasteiger partial charge in [0, 0.05) is 42.5 Å². The van der Waals surface area contributed by atoms with Crippen LogP contribution in [0.3, 0.4) is 0 Å². The van der Waals surface area contributed by atoms with E-state index < -0.39 is 6.04 Å². The molecule has 0 aromatic heterocycles. The van der Waals surface area contributed by atoms with Crippen LogP contribution in [0.4, 0.5) is 4.39 Å². The summed E-state index contributed by atoms with van der Waals surface area (Å²) in [6, 6.07) is 25.8. The highest BCUT2D eigenvalue weighted by molar-refractivity contribution is 7.98. The Morgan fingerprint density at radius 2 is 1.51 bits per heavy atom. The van der Waals surface area contributed by atoms with Crippen molar-refractivity contribution in [3.05, 3.63) is 107 Å². The van der Waals surface area contributed by atoms with Crippen molar-refractivity contribution < 1.29 is 14.0 Å². The van der Waals surface area contributed by atoms with Crippen molar-refractivity contribution in [3.8, 4) is 0 Å². The van der Waals surface area contributed by atoms with Gasteiger partial charge in [0.15, 0.2) is 0 Å². The second-order valence-electron chi connectivity index (χ2n) is 9.60. The Balaban J connectivity index is 1.53. The smallest absolute Gasteiger partial charge is 0.243 e. The molecule has 6 heteroatoms. The van der Waals surface area contributed by atoms with Gasteiger partial charge in [-0.25, -0.2) is 4.39 Å². The van der Waals surface area contributed by atoms with E-state index in [2.05, 4.69) is 17.4 Å². The topological polar surface area (TPSA) is 49.4 Å². The third-order valence-electron chi connectivity index (χ3n) is 6.84. The minimum atomic E-state index is -0.714. The molecule has 0 heterocycles. The molecule has 1 atom stereocenters. The van der Waals surface area contributed by atoms with Crippen LogP contribution in [0.5, 0.6) is 0 Å². The minimum Gasteiger partial charge on any atom is -0.352 e. The van der Waals surface area contributed by atoms with Gasteiger partial charge in [0.2, 0.25) is 11.8 Å². The van der Waals surface area contributed by atoms with E-state index in [0.29, 0.717) is 17.7 Å². The molecule has 4 nitrogen and oxygen atoms in total. The molecule has 2 amide bonds. The number of rotatable bonds is 12. The molecular weight excluding hydrogens is 483 g/mol. The van der Waals surface area contributed by atoms with E-state index in [1.165, 1.54) is 11.6 Å². The molecule has 1 saturated carbocycles. The third-order valence-corrected chi connectivity index (χ3v) is 7.87. The lowest BCUT2D eigenvalue weighted by Crippen LogP contribution is -2.52. The molecule has 37 heavy (non-hydrogen) atoms. The van der Waals surface area contributed by atoms with Gasteiger partial charge in [-0.2, -0.15) is 11.8 Å². The first-order chi connectivity index (χ1) is 18.1. The lowest BCUT2D eigenvalue weighted by atomic mass is 10.0. The van der Waals surface area contributed by atoms with Gasteiger partial charge in [0.05, 0.1) is 0 Å². The number of carbonyl (C=O) groups excluding carboxylic acids is 2. The molecule has 1 fully saturated rings. The van der Waals surface area contributed by atoms with Crippen molar-refractivity contribution in [1.82, 2.24) is 10.2 Å². The van der Waals surface area contributed by atoms with Crippen molar-refractivity contribution in [2.45, 2.75) is 62.9 Å². The fourth-order valence-electron chi connectivity index (χ4n) is 4.80. The summed E-state index contributed by atoms with van der Waals surface area (Å²) in [5.41, 5.74) is 2.60. The van der Waals surface area contributed by atoms with Gasteiger partial charge >= 0.3 is 0 Å². The van der Waals surface area contributed by atoms with Crippen LogP contribution in [0.2, 0.25) is 0 Å². The number of nitrogens with one attached hydrogen (secondary N) is 1. The molecule has 4 rings (SSSR count). The summed E-state index contributed by atoms with van der Waals surface area (Å²) in [6.45, 7) is 0.0600. The molecule has 0 unspecified atom stereocenters. The summed E-state index contributed by atoms with van der Waals surface area (Å²) in [7, 11) is 0.